The van der Waals surface area contributed by atoms with Gasteiger partial charge < -0.3 is 28.4 Å². The van der Waals surface area contributed by atoms with Crippen LogP contribution < -0.4 is 0 Å². The predicted molar refractivity (Wildman–Crippen MR) is 141 cm³/mol. The van der Waals surface area contributed by atoms with Gasteiger partial charge in [-0.25, -0.2) is 4.79 Å². The summed E-state index contributed by atoms with van der Waals surface area (Å²) < 4.78 is 30.7. The van der Waals surface area contributed by atoms with Crippen LogP contribution in [0.3, 0.4) is 0 Å². The van der Waals surface area contributed by atoms with E-state index in [9.17, 15) is 19.2 Å². The lowest BCUT2D eigenvalue weighted by atomic mass is 9.68. The normalized spacial score (nSPS) is 16.8. The van der Waals surface area contributed by atoms with Gasteiger partial charge in [0.1, 0.15) is 25.9 Å². The minimum Gasteiger partial charge on any atom is -0.466 e. The Labute approximate surface area is 230 Å². The molecule has 1 aromatic carbocycles. The standard InChI is InChI=1S/C29H42O10/c1-6-22(23-11-8-7-9-12-23)17-29(5,20-28(3,4)25(31)39-19-24-18-38-24)26(32)35-15-16-37-27(33)36-14-10-13-34-21(2)30/h7-9,11-12,22,24H,6,10,13-20H2,1-5H3. The lowest BCUT2D eigenvalue weighted by molar-refractivity contribution is -0.164. The number of carbonyl (C=O) groups is 4. The summed E-state index contributed by atoms with van der Waals surface area (Å²) >= 11 is 0. The summed E-state index contributed by atoms with van der Waals surface area (Å²) in [7, 11) is 0. The highest BCUT2D eigenvalue weighted by Crippen LogP contribution is 2.43. The van der Waals surface area contributed by atoms with E-state index >= 15 is 0 Å². The molecule has 0 aromatic heterocycles. The summed E-state index contributed by atoms with van der Waals surface area (Å²) in [5, 5.41) is 0. The van der Waals surface area contributed by atoms with Crippen molar-refractivity contribution in [3.63, 3.8) is 0 Å². The van der Waals surface area contributed by atoms with Gasteiger partial charge in [0.15, 0.2) is 0 Å². The Morgan fingerprint density at radius 1 is 0.897 bits per heavy atom. The van der Waals surface area contributed by atoms with Gasteiger partial charge in [-0.3, -0.25) is 14.4 Å². The van der Waals surface area contributed by atoms with Crippen molar-refractivity contribution < 1.29 is 47.6 Å². The van der Waals surface area contributed by atoms with Crippen molar-refractivity contribution in [2.75, 3.05) is 39.6 Å². The molecule has 1 aliphatic heterocycles. The molecule has 1 fully saturated rings. The summed E-state index contributed by atoms with van der Waals surface area (Å²) in [6, 6.07) is 9.92. The molecule has 2 rings (SSSR count). The van der Waals surface area contributed by atoms with Crippen LogP contribution in [0.25, 0.3) is 0 Å². The first kappa shape index (κ1) is 32.1. The maximum Gasteiger partial charge on any atom is 0.508 e. The van der Waals surface area contributed by atoms with Crippen LogP contribution in [-0.4, -0.2) is 69.8 Å². The highest BCUT2D eigenvalue weighted by atomic mass is 16.7. The van der Waals surface area contributed by atoms with E-state index in [1.165, 1.54) is 6.92 Å². The van der Waals surface area contributed by atoms with E-state index < -0.39 is 34.9 Å². The summed E-state index contributed by atoms with van der Waals surface area (Å²) in [5.41, 5.74) is -0.874. The average Bonchev–Trinajstić information content (AvgIpc) is 3.72. The molecule has 218 valence electrons. The minimum absolute atomic E-state index is 0.0277. The van der Waals surface area contributed by atoms with E-state index in [0.29, 0.717) is 19.4 Å². The molecule has 10 heteroatoms. The van der Waals surface area contributed by atoms with Crippen molar-refractivity contribution in [2.24, 2.45) is 10.8 Å². The van der Waals surface area contributed by atoms with E-state index in [1.807, 2.05) is 30.3 Å². The Hall–Kier alpha value is -3.14. The number of ether oxygens (including phenoxy) is 6. The van der Waals surface area contributed by atoms with E-state index in [-0.39, 0.29) is 51.5 Å². The van der Waals surface area contributed by atoms with Gasteiger partial charge >= 0.3 is 24.1 Å². The van der Waals surface area contributed by atoms with Crippen LogP contribution in [0.5, 0.6) is 0 Å². The Morgan fingerprint density at radius 3 is 2.13 bits per heavy atom. The minimum atomic E-state index is -1.02. The van der Waals surface area contributed by atoms with E-state index in [2.05, 4.69) is 6.92 Å². The Balaban J connectivity index is 1.97. The fraction of sp³-hybridized carbons (Fsp3) is 0.655. The molecule has 3 unspecified atom stereocenters. The van der Waals surface area contributed by atoms with Gasteiger partial charge in [0, 0.05) is 13.3 Å². The molecule has 39 heavy (non-hydrogen) atoms. The van der Waals surface area contributed by atoms with Crippen LogP contribution >= 0.6 is 0 Å². The fourth-order valence-corrected chi connectivity index (χ4v) is 4.48. The topological polar surface area (TPSA) is 127 Å². The number of rotatable bonds is 17. The zero-order chi connectivity index (χ0) is 28.9. The van der Waals surface area contributed by atoms with Crippen molar-refractivity contribution in [1.82, 2.24) is 0 Å². The Kier molecular flexibility index (Phi) is 12.7. The van der Waals surface area contributed by atoms with Crippen molar-refractivity contribution >= 4 is 24.1 Å². The van der Waals surface area contributed by atoms with Crippen molar-refractivity contribution in [1.29, 1.82) is 0 Å². The molecule has 10 nitrogen and oxygen atoms in total. The molecule has 1 aliphatic rings. The predicted octanol–water partition coefficient (Wildman–Crippen LogP) is 4.58. The van der Waals surface area contributed by atoms with Crippen molar-refractivity contribution in [3.8, 4) is 0 Å². The summed E-state index contributed by atoms with van der Waals surface area (Å²) in [6.45, 7) is 9.27. The van der Waals surface area contributed by atoms with Crippen LogP contribution in [0.1, 0.15) is 71.8 Å². The second-order valence-electron chi connectivity index (χ2n) is 10.7. The molecule has 1 aromatic rings. The van der Waals surface area contributed by atoms with E-state index in [4.69, 9.17) is 28.4 Å². The third-order valence-electron chi connectivity index (χ3n) is 6.49. The first-order valence-corrected chi connectivity index (χ1v) is 13.4. The van der Waals surface area contributed by atoms with Gasteiger partial charge in [0.05, 0.1) is 30.7 Å². The third kappa shape index (κ3) is 11.6. The molecular weight excluding hydrogens is 508 g/mol. The van der Waals surface area contributed by atoms with Gasteiger partial charge in [0.25, 0.3) is 0 Å². The lowest BCUT2D eigenvalue weighted by Gasteiger charge is -2.36. The molecule has 1 saturated heterocycles. The van der Waals surface area contributed by atoms with E-state index in [0.717, 1.165) is 12.0 Å². The average molecular weight is 551 g/mol. The number of benzene rings is 1. The van der Waals surface area contributed by atoms with Gasteiger partial charge in [-0.1, -0.05) is 37.3 Å². The summed E-state index contributed by atoms with van der Waals surface area (Å²) in [5.74, 6) is -1.23. The number of esters is 3. The molecule has 3 atom stereocenters. The Morgan fingerprint density at radius 2 is 1.51 bits per heavy atom. The first-order valence-electron chi connectivity index (χ1n) is 13.4. The van der Waals surface area contributed by atoms with Crippen LogP contribution in [0, 0.1) is 10.8 Å². The van der Waals surface area contributed by atoms with Crippen LogP contribution in [0.4, 0.5) is 4.79 Å². The molecule has 0 N–H and O–H groups in total. The molecular formula is C29H42O10. The molecule has 0 amide bonds. The summed E-state index contributed by atoms with van der Waals surface area (Å²) in [6.07, 6.45) is 0.842. The first-order chi connectivity index (χ1) is 18.5. The third-order valence-corrected chi connectivity index (χ3v) is 6.49. The van der Waals surface area contributed by atoms with Gasteiger partial charge in [-0.15, -0.1) is 0 Å². The number of carbonyl (C=O) groups excluding carboxylic acids is 4. The smallest absolute Gasteiger partial charge is 0.466 e. The molecule has 1 heterocycles. The number of epoxide rings is 1. The molecule has 0 saturated carbocycles. The second kappa shape index (κ2) is 15.5. The van der Waals surface area contributed by atoms with E-state index in [1.54, 1.807) is 20.8 Å². The van der Waals surface area contributed by atoms with Crippen molar-refractivity contribution in [2.45, 2.75) is 72.3 Å². The Bertz CT molecular complexity index is 941. The van der Waals surface area contributed by atoms with Gasteiger partial charge in [-0.05, 0) is 51.5 Å². The number of hydrogen-bond donors (Lipinski definition) is 0. The highest BCUT2D eigenvalue weighted by molar-refractivity contribution is 5.80. The largest absolute Gasteiger partial charge is 0.508 e. The molecule has 0 radical (unpaired) electrons. The van der Waals surface area contributed by atoms with Crippen LogP contribution in [0.15, 0.2) is 30.3 Å². The van der Waals surface area contributed by atoms with Gasteiger partial charge in [0.2, 0.25) is 0 Å². The summed E-state index contributed by atoms with van der Waals surface area (Å²) in [4.78, 5) is 48.8. The monoisotopic (exact) mass is 550 g/mol. The van der Waals surface area contributed by atoms with Crippen molar-refractivity contribution in [3.05, 3.63) is 35.9 Å². The van der Waals surface area contributed by atoms with Gasteiger partial charge in [-0.2, -0.15) is 0 Å². The number of hydrogen-bond acceptors (Lipinski definition) is 10. The highest BCUT2D eigenvalue weighted by Gasteiger charge is 2.45. The molecule has 0 aliphatic carbocycles. The zero-order valence-corrected chi connectivity index (χ0v) is 23.7. The van der Waals surface area contributed by atoms with Crippen LogP contribution in [0.2, 0.25) is 0 Å². The molecule has 0 spiro atoms. The maximum absolute atomic E-state index is 13.5. The second-order valence-corrected chi connectivity index (χ2v) is 10.7. The lowest BCUT2D eigenvalue weighted by Crippen LogP contribution is -2.40. The SMILES string of the molecule is CCC(CC(C)(CC(C)(C)C(=O)OCC1CO1)C(=O)OCCOC(=O)OCCCOC(C)=O)c1ccccc1. The fourth-order valence-electron chi connectivity index (χ4n) is 4.48. The quantitative estimate of drug-likeness (QED) is 0.118. The van der Waals surface area contributed by atoms with Crippen LogP contribution in [-0.2, 0) is 42.8 Å². The maximum atomic E-state index is 13.5. The molecule has 0 bridgehead atoms. The zero-order valence-electron chi connectivity index (χ0n) is 23.7.